The zero-order valence-electron chi connectivity index (χ0n) is 11.5. The molecule has 0 saturated heterocycles. The van der Waals surface area contributed by atoms with Crippen LogP contribution < -0.4 is 5.32 Å². The molecule has 0 aliphatic heterocycles. The minimum atomic E-state index is 0.653. The van der Waals surface area contributed by atoms with Gasteiger partial charge in [0, 0.05) is 17.8 Å². The van der Waals surface area contributed by atoms with E-state index in [1.54, 1.807) is 22.0 Å². The summed E-state index contributed by atoms with van der Waals surface area (Å²) < 4.78 is 1.81. The minimum Gasteiger partial charge on any atom is -0.363 e. The molecule has 7 heteroatoms. The van der Waals surface area contributed by atoms with Crippen LogP contribution in [0.5, 0.6) is 0 Å². The van der Waals surface area contributed by atoms with Gasteiger partial charge in [0.25, 0.3) is 0 Å². The molecule has 1 N–H and O–H groups in total. The van der Waals surface area contributed by atoms with Gasteiger partial charge in [-0.05, 0) is 12.8 Å². The molecule has 0 amide bonds. The maximum Gasteiger partial charge on any atom is 0.157 e. The molecule has 20 heavy (non-hydrogen) atoms. The highest BCUT2D eigenvalue weighted by molar-refractivity contribution is 7.11. The molecule has 3 aromatic rings. The van der Waals surface area contributed by atoms with Gasteiger partial charge in [-0.3, -0.25) is 0 Å². The Balaban J connectivity index is 1.84. The Hall–Kier alpha value is -2.02. The molecule has 0 unspecified atom stereocenters. The summed E-state index contributed by atoms with van der Waals surface area (Å²) in [7, 11) is 0. The van der Waals surface area contributed by atoms with E-state index in [0.29, 0.717) is 6.54 Å². The fourth-order valence-corrected chi connectivity index (χ4v) is 2.66. The molecule has 0 aliphatic rings. The summed E-state index contributed by atoms with van der Waals surface area (Å²) in [5.74, 6) is 0.935. The molecular formula is C13H16N6S. The van der Waals surface area contributed by atoms with Crippen molar-refractivity contribution in [3.8, 4) is 0 Å². The maximum absolute atomic E-state index is 4.52. The predicted molar refractivity (Wildman–Crippen MR) is 79.0 cm³/mol. The quantitative estimate of drug-likeness (QED) is 0.780. The molecule has 104 valence electrons. The normalized spacial score (nSPS) is 11.1. The second kappa shape index (κ2) is 5.54. The Bertz CT molecular complexity index is 717. The van der Waals surface area contributed by atoms with Crippen molar-refractivity contribution in [2.24, 2.45) is 0 Å². The first kappa shape index (κ1) is 13.0. The van der Waals surface area contributed by atoms with Crippen molar-refractivity contribution >= 4 is 22.8 Å². The van der Waals surface area contributed by atoms with Crippen LogP contribution in [0.4, 0.5) is 5.82 Å². The van der Waals surface area contributed by atoms with Crippen LogP contribution in [0.15, 0.2) is 18.3 Å². The average molecular weight is 288 g/mol. The smallest absolute Gasteiger partial charge is 0.157 e. The Morgan fingerprint density at radius 1 is 1.20 bits per heavy atom. The number of aromatic nitrogens is 5. The number of fused-ring (bicyclic) bond motifs is 1. The minimum absolute atomic E-state index is 0.653. The number of nitrogens with one attached hydrogen (secondary N) is 1. The van der Waals surface area contributed by atoms with Crippen molar-refractivity contribution in [1.29, 1.82) is 0 Å². The summed E-state index contributed by atoms with van der Waals surface area (Å²) in [6, 6.07) is 3.94. The van der Waals surface area contributed by atoms with Gasteiger partial charge < -0.3 is 5.32 Å². The number of aryl methyl sites for hydroxylation is 2. The van der Waals surface area contributed by atoms with E-state index in [2.05, 4.69) is 39.4 Å². The molecule has 0 bridgehead atoms. The molecule has 0 aliphatic carbocycles. The van der Waals surface area contributed by atoms with Crippen molar-refractivity contribution in [1.82, 2.24) is 24.8 Å². The van der Waals surface area contributed by atoms with Gasteiger partial charge in [-0.1, -0.05) is 25.2 Å². The third-order valence-corrected chi connectivity index (χ3v) is 4.07. The van der Waals surface area contributed by atoms with Crippen LogP contribution in [0.2, 0.25) is 0 Å². The molecule has 0 saturated carbocycles. The molecule has 0 spiro atoms. The van der Waals surface area contributed by atoms with E-state index < -0.39 is 0 Å². The van der Waals surface area contributed by atoms with Gasteiger partial charge >= 0.3 is 0 Å². The third kappa shape index (κ3) is 2.49. The molecule has 3 rings (SSSR count). The largest absolute Gasteiger partial charge is 0.363 e. The van der Waals surface area contributed by atoms with Crippen molar-refractivity contribution in [3.63, 3.8) is 0 Å². The van der Waals surface area contributed by atoms with Crippen LogP contribution in [0.3, 0.4) is 0 Å². The highest BCUT2D eigenvalue weighted by Gasteiger charge is 2.07. The van der Waals surface area contributed by atoms with Crippen LogP contribution in [0, 0.1) is 0 Å². The lowest BCUT2D eigenvalue weighted by atomic mass is 10.3. The van der Waals surface area contributed by atoms with Gasteiger partial charge in [0.2, 0.25) is 0 Å². The van der Waals surface area contributed by atoms with Crippen molar-refractivity contribution in [2.75, 3.05) is 5.32 Å². The van der Waals surface area contributed by atoms with Crippen LogP contribution >= 0.6 is 11.3 Å². The standard InChI is InChI=1S/C13H16N6S/c1-3-9-7-11(19-10(16-9)5-6-15-19)14-8-13-18-17-12(4-2)20-13/h5-7,14H,3-4,8H2,1-2H3. The first-order valence-corrected chi connectivity index (χ1v) is 7.50. The van der Waals surface area contributed by atoms with Crippen LogP contribution in [-0.4, -0.2) is 24.8 Å². The summed E-state index contributed by atoms with van der Waals surface area (Å²) in [4.78, 5) is 4.52. The number of hydrogen-bond acceptors (Lipinski definition) is 6. The molecule has 0 atom stereocenters. The van der Waals surface area contributed by atoms with Crippen molar-refractivity contribution in [2.45, 2.75) is 33.2 Å². The van der Waals surface area contributed by atoms with Gasteiger partial charge in [0.05, 0.1) is 12.7 Å². The summed E-state index contributed by atoms with van der Waals surface area (Å²) in [6.07, 6.45) is 3.58. The lowest BCUT2D eigenvalue weighted by molar-refractivity contribution is 0.890. The molecule has 3 aromatic heterocycles. The van der Waals surface area contributed by atoms with E-state index in [4.69, 9.17) is 0 Å². The fourth-order valence-electron chi connectivity index (χ4n) is 1.94. The lowest BCUT2D eigenvalue weighted by Gasteiger charge is -2.08. The van der Waals surface area contributed by atoms with Gasteiger partial charge in [-0.2, -0.15) is 9.61 Å². The zero-order valence-corrected chi connectivity index (χ0v) is 12.3. The Labute approximate surface area is 120 Å². The zero-order chi connectivity index (χ0) is 13.9. The predicted octanol–water partition coefficient (Wildman–Crippen LogP) is 2.32. The van der Waals surface area contributed by atoms with E-state index in [1.165, 1.54) is 0 Å². The molecule has 0 fully saturated rings. The van der Waals surface area contributed by atoms with E-state index in [9.17, 15) is 0 Å². The van der Waals surface area contributed by atoms with Crippen LogP contribution in [0.1, 0.15) is 29.6 Å². The Morgan fingerprint density at radius 3 is 2.80 bits per heavy atom. The van der Waals surface area contributed by atoms with E-state index >= 15 is 0 Å². The lowest BCUT2D eigenvalue weighted by Crippen LogP contribution is -2.07. The second-order valence-electron chi connectivity index (χ2n) is 4.38. The first-order chi connectivity index (χ1) is 9.80. The SMILES string of the molecule is CCc1cc(NCc2nnc(CC)s2)n2nccc2n1. The Kier molecular flexibility index (Phi) is 3.60. The maximum atomic E-state index is 4.52. The summed E-state index contributed by atoms with van der Waals surface area (Å²) in [5.41, 5.74) is 1.91. The van der Waals surface area contributed by atoms with E-state index in [1.807, 2.05) is 12.1 Å². The number of hydrogen-bond donors (Lipinski definition) is 1. The number of rotatable bonds is 5. The molecular weight excluding hydrogens is 272 g/mol. The molecule has 3 heterocycles. The van der Waals surface area contributed by atoms with Gasteiger partial charge in [0.15, 0.2) is 5.65 Å². The summed E-state index contributed by atoms with van der Waals surface area (Å²) in [6.45, 7) is 4.83. The second-order valence-corrected chi connectivity index (χ2v) is 5.53. The van der Waals surface area contributed by atoms with Crippen molar-refractivity contribution in [3.05, 3.63) is 34.0 Å². The highest BCUT2D eigenvalue weighted by Crippen LogP contribution is 2.16. The highest BCUT2D eigenvalue weighted by atomic mass is 32.1. The van der Waals surface area contributed by atoms with Gasteiger partial charge in [0.1, 0.15) is 15.8 Å². The number of nitrogens with zero attached hydrogens (tertiary/aromatic N) is 5. The molecule has 6 nitrogen and oxygen atoms in total. The van der Waals surface area contributed by atoms with E-state index in [0.717, 1.165) is 40.0 Å². The third-order valence-electron chi connectivity index (χ3n) is 3.01. The van der Waals surface area contributed by atoms with Crippen LogP contribution in [0.25, 0.3) is 5.65 Å². The summed E-state index contributed by atoms with van der Waals surface area (Å²) in [5, 5.41) is 18.0. The first-order valence-electron chi connectivity index (χ1n) is 6.69. The average Bonchev–Trinajstić information content (AvgIpc) is 3.12. The molecule has 0 aromatic carbocycles. The monoisotopic (exact) mass is 288 g/mol. The van der Waals surface area contributed by atoms with Crippen LogP contribution in [-0.2, 0) is 19.4 Å². The van der Waals surface area contributed by atoms with Gasteiger partial charge in [-0.15, -0.1) is 10.2 Å². The summed E-state index contributed by atoms with van der Waals surface area (Å²) >= 11 is 1.64. The fraction of sp³-hybridized carbons (Fsp3) is 0.385. The van der Waals surface area contributed by atoms with Gasteiger partial charge in [-0.25, -0.2) is 4.98 Å². The number of anilines is 1. The Morgan fingerprint density at radius 2 is 2.05 bits per heavy atom. The molecule has 0 radical (unpaired) electrons. The topological polar surface area (TPSA) is 68.0 Å². The van der Waals surface area contributed by atoms with E-state index in [-0.39, 0.29) is 0 Å². The van der Waals surface area contributed by atoms with Crippen molar-refractivity contribution < 1.29 is 0 Å².